The molecule has 1 aromatic rings. The highest BCUT2D eigenvalue weighted by molar-refractivity contribution is 9.10. The zero-order valence-corrected chi connectivity index (χ0v) is 12.4. The van der Waals surface area contributed by atoms with Crippen molar-refractivity contribution in [2.45, 2.75) is 25.4 Å². The first-order valence-corrected chi connectivity index (χ1v) is 7.41. The zero-order chi connectivity index (χ0) is 13.5. The topological polar surface area (TPSA) is 50.4 Å². The van der Waals surface area contributed by atoms with E-state index in [4.69, 9.17) is 4.74 Å². The summed E-state index contributed by atoms with van der Waals surface area (Å²) in [5.41, 5.74) is 0.799. The minimum atomic E-state index is -0.0285. The van der Waals surface area contributed by atoms with Crippen molar-refractivity contribution in [3.05, 3.63) is 28.7 Å². The summed E-state index contributed by atoms with van der Waals surface area (Å²) in [6.45, 7) is 2.02. The van der Waals surface area contributed by atoms with Crippen LogP contribution in [-0.4, -0.2) is 31.7 Å². The fraction of sp³-hybridized carbons (Fsp3) is 0.500. The van der Waals surface area contributed by atoms with E-state index >= 15 is 0 Å². The smallest absolute Gasteiger partial charge is 0.238 e. The molecule has 2 rings (SSSR count). The third-order valence-corrected chi connectivity index (χ3v) is 3.79. The number of benzene rings is 1. The monoisotopic (exact) mass is 326 g/mol. The standard InChI is InChI=1S/C14H19BrN2O2/c15-12-5-1-2-6-13(12)17-14(18)10-16-8-7-11-4-3-9-19-11/h1-2,5-6,11,16H,3-4,7-10H2,(H,17,18). The Morgan fingerprint density at radius 2 is 2.26 bits per heavy atom. The molecule has 1 aliphatic rings. The van der Waals surface area contributed by atoms with Crippen LogP contribution in [0.3, 0.4) is 0 Å². The van der Waals surface area contributed by atoms with Crippen molar-refractivity contribution in [1.82, 2.24) is 5.32 Å². The van der Waals surface area contributed by atoms with Crippen molar-refractivity contribution in [3.8, 4) is 0 Å². The lowest BCUT2D eigenvalue weighted by Gasteiger charge is -2.10. The maximum Gasteiger partial charge on any atom is 0.238 e. The summed E-state index contributed by atoms with van der Waals surface area (Å²) in [6.07, 6.45) is 3.65. The molecule has 1 amide bonds. The molecule has 1 saturated heterocycles. The summed E-state index contributed by atoms with van der Waals surface area (Å²) in [7, 11) is 0. The first-order chi connectivity index (χ1) is 9.25. The predicted molar refractivity (Wildman–Crippen MR) is 79.2 cm³/mol. The third-order valence-electron chi connectivity index (χ3n) is 3.10. The summed E-state index contributed by atoms with van der Waals surface area (Å²) in [4.78, 5) is 11.7. The van der Waals surface area contributed by atoms with Crippen LogP contribution in [-0.2, 0) is 9.53 Å². The Hall–Kier alpha value is -0.910. The van der Waals surface area contributed by atoms with Gasteiger partial charge in [-0.25, -0.2) is 0 Å². The zero-order valence-electron chi connectivity index (χ0n) is 10.8. The summed E-state index contributed by atoms with van der Waals surface area (Å²) in [5.74, 6) is -0.0285. The van der Waals surface area contributed by atoms with Crippen molar-refractivity contribution in [2.75, 3.05) is 25.0 Å². The SMILES string of the molecule is O=C(CNCCC1CCCO1)Nc1ccccc1Br. The molecule has 1 unspecified atom stereocenters. The number of ether oxygens (including phenoxy) is 1. The first kappa shape index (κ1) is 14.5. The maximum absolute atomic E-state index is 11.7. The normalized spacial score (nSPS) is 18.5. The van der Waals surface area contributed by atoms with E-state index in [0.717, 1.165) is 42.6 Å². The molecule has 0 aromatic heterocycles. The summed E-state index contributed by atoms with van der Waals surface area (Å²) in [6, 6.07) is 7.58. The van der Waals surface area contributed by atoms with Gasteiger partial charge in [0.1, 0.15) is 0 Å². The lowest BCUT2D eigenvalue weighted by atomic mass is 10.2. The van der Waals surface area contributed by atoms with Crippen LogP contribution in [0.2, 0.25) is 0 Å². The minimum absolute atomic E-state index is 0.0285. The number of hydrogen-bond donors (Lipinski definition) is 2. The Morgan fingerprint density at radius 3 is 3.00 bits per heavy atom. The van der Waals surface area contributed by atoms with Crippen LogP contribution in [0.25, 0.3) is 0 Å². The van der Waals surface area contributed by atoms with Crippen LogP contribution < -0.4 is 10.6 Å². The number of amides is 1. The quantitative estimate of drug-likeness (QED) is 0.790. The highest BCUT2D eigenvalue weighted by Gasteiger charge is 2.14. The van der Waals surface area contributed by atoms with Crippen LogP contribution in [0.4, 0.5) is 5.69 Å². The second-order valence-electron chi connectivity index (χ2n) is 4.63. The number of halogens is 1. The highest BCUT2D eigenvalue weighted by atomic mass is 79.9. The van der Waals surface area contributed by atoms with E-state index in [1.807, 2.05) is 24.3 Å². The molecule has 19 heavy (non-hydrogen) atoms. The number of hydrogen-bond acceptors (Lipinski definition) is 3. The number of anilines is 1. The lowest BCUT2D eigenvalue weighted by molar-refractivity contribution is -0.115. The van der Waals surface area contributed by atoms with Crippen LogP contribution in [0.15, 0.2) is 28.7 Å². The molecule has 0 saturated carbocycles. The number of rotatable bonds is 6. The molecule has 1 atom stereocenters. The average Bonchev–Trinajstić information content (AvgIpc) is 2.91. The van der Waals surface area contributed by atoms with E-state index in [0.29, 0.717) is 12.6 Å². The molecule has 0 radical (unpaired) electrons. The minimum Gasteiger partial charge on any atom is -0.378 e. The molecule has 5 heteroatoms. The van der Waals surface area contributed by atoms with E-state index in [9.17, 15) is 4.79 Å². The number of para-hydroxylation sites is 1. The second-order valence-corrected chi connectivity index (χ2v) is 5.48. The number of carbonyl (C=O) groups excluding carboxylic acids is 1. The third kappa shape index (κ3) is 4.93. The van der Waals surface area contributed by atoms with Gasteiger partial charge in [0, 0.05) is 11.1 Å². The second kappa shape index (κ2) is 7.62. The van der Waals surface area contributed by atoms with E-state index in [1.54, 1.807) is 0 Å². The Labute approximate surface area is 122 Å². The Morgan fingerprint density at radius 1 is 1.42 bits per heavy atom. The van der Waals surface area contributed by atoms with E-state index < -0.39 is 0 Å². The Bertz CT molecular complexity index is 420. The van der Waals surface area contributed by atoms with Gasteiger partial charge in [-0.1, -0.05) is 12.1 Å². The lowest BCUT2D eigenvalue weighted by Crippen LogP contribution is -2.30. The fourth-order valence-electron chi connectivity index (χ4n) is 2.09. The van der Waals surface area contributed by atoms with Crippen molar-refractivity contribution in [1.29, 1.82) is 0 Å². The fourth-order valence-corrected chi connectivity index (χ4v) is 2.48. The van der Waals surface area contributed by atoms with Crippen LogP contribution in [0, 0.1) is 0 Å². The predicted octanol–water partition coefficient (Wildman–Crippen LogP) is 2.55. The van der Waals surface area contributed by atoms with Gasteiger partial charge in [0.25, 0.3) is 0 Å². The molecule has 4 nitrogen and oxygen atoms in total. The molecule has 2 N–H and O–H groups in total. The van der Waals surface area contributed by atoms with Crippen LogP contribution in [0.1, 0.15) is 19.3 Å². The molecule has 0 aliphatic carbocycles. The van der Waals surface area contributed by atoms with E-state index in [-0.39, 0.29) is 5.91 Å². The van der Waals surface area contributed by atoms with Crippen molar-refractivity contribution in [2.24, 2.45) is 0 Å². The molecular weight excluding hydrogens is 308 g/mol. The molecule has 1 heterocycles. The van der Waals surface area contributed by atoms with Gasteiger partial charge in [-0.15, -0.1) is 0 Å². The summed E-state index contributed by atoms with van der Waals surface area (Å²) in [5, 5.41) is 6.00. The van der Waals surface area contributed by atoms with Gasteiger partial charge < -0.3 is 15.4 Å². The van der Waals surface area contributed by atoms with Crippen molar-refractivity contribution >= 4 is 27.5 Å². The molecule has 1 fully saturated rings. The van der Waals surface area contributed by atoms with Crippen LogP contribution in [0.5, 0.6) is 0 Å². The van der Waals surface area contributed by atoms with Crippen molar-refractivity contribution < 1.29 is 9.53 Å². The average molecular weight is 327 g/mol. The van der Waals surface area contributed by atoms with Gasteiger partial charge in [-0.2, -0.15) is 0 Å². The molecular formula is C14H19BrN2O2. The van der Waals surface area contributed by atoms with Crippen LogP contribution >= 0.6 is 15.9 Å². The number of nitrogens with one attached hydrogen (secondary N) is 2. The summed E-state index contributed by atoms with van der Waals surface area (Å²) >= 11 is 3.40. The van der Waals surface area contributed by atoms with Crippen molar-refractivity contribution in [3.63, 3.8) is 0 Å². The molecule has 0 spiro atoms. The first-order valence-electron chi connectivity index (χ1n) is 6.62. The number of carbonyl (C=O) groups is 1. The van der Waals surface area contributed by atoms with Gasteiger partial charge >= 0.3 is 0 Å². The van der Waals surface area contributed by atoms with E-state index in [2.05, 4.69) is 26.6 Å². The van der Waals surface area contributed by atoms with Gasteiger partial charge in [0.15, 0.2) is 0 Å². The molecule has 0 bridgehead atoms. The molecule has 104 valence electrons. The Kier molecular flexibility index (Phi) is 5.82. The van der Waals surface area contributed by atoms with Gasteiger partial charge in [0.05, 0.1) is 18.3 Å². The van der Waals surface area contributed by atoms with E-state index in [1.165, 1.54) is 0 Å². The Balaban J connectivity index is 1.63. The highest BCUT2D eigenvalue weighted by Crippen LogP contribution is 2.20. The van der Waals surface area contributed by atoms with Gasteiger partial charge in [0.2, 0.25) is 5.91 Å². The molecule has 1 aromatic carbocycles. The largest absolute Gasteiger partial charge is 0.378 e. The maximum atomic E-state index is 11.7. The molecule has 1 aliphatic heterocycles. The summed E-state index contributed by atoms with van der Waals surface area (Å²) < 4.78 is 6.42. The van der Waals surface area contributed by atoms with Gasteiger partial charge in [-0.05, 0) is 53.9 Å². The van der Waals surface area contributed by atoms with Gasteiger partial charge in [-0.3, -0.25) is 4.79 Å².